The van der Waals surface area contributed by atoms with Crippen molar-refractivity contribution in [3.8, 4) is 0 Å². The van der Waals surface area contributed by atoms with Gasteiger partial charge in [-0.25, -0.2) is 0 Å². The molecule has 0 aromatic carbocycles. The van der Waals surface area contributed by atoms with Gasteiger partial charge in [0.15, 0.2) is 0 Å². The molecule has 1 fully saturated rings. The summed E-state index contributed by atoms with van der Waals surface area (Å²) < 4.78 is 29.1. The van der Waals surface area contributed by atoms with E-state index in [1.165, 1.54) is 88.4 Å². The van der Waals surface area contributed by atoms with Crippen molar-refractivity contribution >= 4 is 13.6 Å². The smallest absolute Gasteiger partial charge is 0.333 e. The van der Waals surface area contributed by atoms with Crippen molar-refractivity contribution in [1.29, 1.82) is 0 Å². The van der Waals surface area contributed by atoms with E-state index in [0.29, 0.717) is 19.1 Å². The fourth-order valence-corrected chi connectivity index (χ4v) is 6.14. The molecule has 8 heteroatoms. The van der Waals surface area contributed by atoms with Crippen molar-refractivity contribution in [3.05, 3.63) is 0 Å². The first kappa shape index (κ1) is 34.6. The molecule has 0 bridgehead atoms. The normalized spacial score (nSPS) is 17.5. The van der Waals surface area contributed by atoms with E-state index in [9.17, 15) is 14.3 Å². The average molecular weight is 549 g/mol. The number of carbonyl (C=O) groups excluding carboxylic acids is 1. The zero-order chi connectivity index (χ0) is 27.2. The molecule has 1 aliphatic rings. The van der Waals surface area contributed by atoms with Crippen LogP contribution in [0.3, 0.4) is 0 Å². The Morgan fingerprint density at radius 3 is 2.11 bits per heavy atom. The van der Waals surface area contributed by atoms with E-state index in [0.717, 1.165) is 25.9 Å². The van der Waals surface area contributed by atoms with Crippen molar-refractivity contribution in [2.24, 2.45) is 5.92 Å². The summed E-state index contributed by atoms with van der Waals surface area (Å²) in [7, 11) is -3.71. The Bertz CT molecular complexity index is 599. The Labute approximate surface area is 227 Å². The number of carbonyl (C=O) groups is 1. The molecule has 220 valence electrons. The summed E-state index contributed by atoms with van der Waals surface area (Å²) in [5, 5.41) is 0. The second kappa shape index (κ2) is 22.4. The number of rotatable bonds is 25. The molecule has 2 N–H and O–H groups in total. The molecule has 0 aromatic rings. The van der Waals surface area contributed by atoms with E-state index >= 15 is 0 Å². The Balaban J connectivity index is 2.21. The van der Waals surface area contributed by atoms with Gasteiger partial charge in [0, 0.05) is 25.9 Å². The van der Waals surface area contributed by atoms with Crippen LogP contribution >= 0.6 is 7.60 Å². The van der Waals surface area contributed by atoms with E-state index in [4.69, 9.17) is 14.0 Å². The lowest BCUT2D eigenvalue weighted by Gasteiger charge is -2.21. The van der Waals surface area contributed by atoms with Crippen molar-refractivity contribution < 1.29 is 33.2 Å². The molecule has 0 aromatic heterocycles. The predicted octanol–water partition coefficient (Wildman–Crippen LogP) is 5.93. The number of nitrogens with one attached hydrogen (secondary N) is 1. The lowest BCUT2D eigenvalue weighted by Crippen LogP contribution is -3.10. The lowest BCUT2D eigenvalue weighted by molar-refractivity contribution is -0.884. The van der Waals surface area contributed by atoms with Gasteiger partial charge in [-0.1, -0.05) is 97.8 Å². The maximum Gasteiger partial charge on any atom is 0.333 e. The van der Waals surface area contributed by atoms with Gasteiger partial charge in [0.2, 0.25) is 0 Å². The third-order valence-electron chi connectivity index (χ3n) is 7.62. The van der Waals surface area contributed by atoms with Crippen molar-refractivity contribution in [2.75, 3.05) is 45.6 Å². The largest absolute Gasteiger partial charge is 0.457 e. The molecule has 1 saturated heterocycles. The summed E-state index contributed by atoms with van der Waals surface area (Å²) in [6.45, 7) is 9.68. The summed E-state index contributed by atoms with van der Waals surface area (Å²) in [6, 6.07) is 0. The molecule has 3 unspecified atom stereocenters. The second-order valence-electron chi connectivity index (χ2n) is 10.9. The van der Waals surface area contributed by atoms with Crippen LogP contribution in [0.2, 0.25) is 0 Å². The van der Waals surface area contributed by atoms with Crippen LogP contribution in [0.25, 0.3) is 0 Å². The van der Waals surface area contributed by atoms with Crippen LogP contribution in [0, 0.1) is 5.92 Å². The first-order valence-electron chi connectivity index (χ1n) is 15.5. The number of likely N-dealkylation sites (tertiary alicyclic amines) is 1. The molecule has 0 amide bonds. The van der Waals surface area contributed by atoms with E-state index in [1.807, 2.05) is 0 Å². The number of quaternary nitrogens is 1. The van der Waals surface area contributed by atoms with Gasteiger partial charge in [-0.05, 0) is 12.3 Å². The maximum absolute atomic E-state index is 12.5. The SMILES string of the molecule is CCCCCCCCCCCCC(CC)CCOCC(COP(=O)(O)CC[NH+]1CCCC1)OC(=O)CC. The summed E-state index contributed by atoms with van der Waals surface area (Å²) in [5.41, 5.74) is 0. The van der Waals surface area contributed by atoms with Gasteiger partial charge in [-0.3, -0.25) is 9.36 Å². The van der Waals surface area contributed by atoms with E-state index in [1.54, 1.807) is 6.92 Å². The number of ether oxygens (including phenoxy) is 2. The minimum Gasteiger partial charge on any atom is -0.457 e. The van der Waals surface area contributed by atoms with Crippen LogP contribution in [0.4, 0.5) is 0 Å². The number of hydrogen-bond donors (Lipinski definition) is 2. The molecule has 37 heavy (non-hydrogen) atoms. The molecule has 0 spiro atoms. The maximum atomic E-state index is 12.5. The number of hydrogen-bond acceptors (Lipinski definition) is 5. The van der Waals surface area contributed by atoms with Crippen LogP contribution in [0.1, 0.15) is 124 Å². The molecule has 0 radical (unpaired) electrons. The predicted molar refractivity (Wildman–Crippen MR) is 151 cm³/mol. The van der Waals surface area contributed by atoms with Crippen LogP contribution < -0.4 is 4.90 Å². The van der Waals surface area contributed by atoms with Gasteiger partial charge >= 0.3 is 13.6 Å². The summed E-state index contributed by atoms with van der Waals surface area (Å²) in [5.74, 6) is 0.298. The highest BCUT2D eigenvalue weighted by Crippen LogP contribution is 2.41. The molecule has 0 saturated carbocycles. The third kappa shape index (κ3) is 19.3. The molecule has 1 rings (SSSR count). The van der Waals surface area contributed by atoms with Crippen LogP contribution in [0.5, 0.6) is 0 Å². The first-order valence-corrected chi connectivity index (χ1v) is 17.2. The molecular weight excluding hydrogens is 489 g/mol. The minimum atomic E-state index is -3.71. The Morgan fingerprint density at radius 2 is 1.51 bits per heavy atom. The topological polar surface area (TPSA) is 86.5 Å². The highest BCUT2D eigenvalue weighted by Gasteiger charge is 2.27. The number of esters is 1. The van der Waals surface area contributed by atoms with Gasteiger partial charge in [-0.15, -0.1) is 0 Å². The Kier molecular flexibility index (Phi) is 20.9. The Hall–Kier alpha value is -0.460. The fraction of sp³-hybridized carbons (Fsp3) is 0.966. The summed E-state index contributed by atoms with van der Waals surface area (Å²) in [4.78, 5) is 23.4. The quantitative estimate of drug-likeness (QED) is 0.0835. The van der Waals surface area contributed by atoms with Gasteiger partial charge in [0.05, 0.1) is 39.0 Å². The van der Waals surface area contributed by atoms with Gasteiger partial charge in [0.1, 0.15) is 6.10 Å². The minimum absolute atomic E-state index is 0.106. The standard InChI is InChI=1S/C29H58NO6P/c1-4-7-8-9-10-11-12-13-14-15-18-27(5-2)19-23-34-25-28(36-29(31)6-3)26-35-37(32,33)24-22-30-20-16-17-21-30/h27-28H,4-26H2,1-3H3,(H,32,33)/p+1. The summed E-state index contributed by atoms with van der Waals surface area (Å²) in [6.07, 6.45) is 19.0. The lowest BCUT2D eigenvalue weighted by atomic mass is 9.95. The second-order valence-corrected chi connectivity index (χ2v) is 12.9. The zero-order valence-corrected chi connectivity index (χ0v) is 25.2. The average Bonchev–Trinajstić information content (AvgIpc) is 3.42. The van der Waals surface area contributed by atoms with Crippen molar-refractivity contribution in [2.45, 2.75) is 130 Å². The molecular formula is C29H59NO6P+. The molecule has 1 heterocycles. The van der Waals surface area contributed by atoms with Crippen molar-refractivity contribution in [3.63, 3.8) is 0 Å². The Morgan fingerprint density at radius 1 is 0.892 bits per heavy atom. The fourth-order valence-electron chi connectivity index (χ4n) is 5.01. The molecule has 7 nitrogen and oxygen atoms in total. The van der Waals surface area contributed by atoms with Gasteiger partial charge in [0.25, 0.3) is 0 Å². The van der Waals surface area contributed by atoms with Crippen LogP contribution in [-0.4, -0.2) is 62.6 Å². The monoisotopic (exact) mass is 548 g/mol. The molecule has 3 atom stereocenters. The van der Waals surface area contributed by atoms with E-state index in [-0.39, 0.29) is 31.8 Å². The highest BCUT2D eigenvalue weighted by molar-refractivity contribution is 7.52. The summed E-state index contributed by atoms with van der Waals surface area (Å²) >= 11 is 0. The van der Waals surface area contributed by atoms with Crippen LogP contribution in [0.15, 0.2) is 0 Å². The highest BCUT2D eigenvalue weighted by atomic mass is 31.2. The van der Waals surface area contributed by atoms with E-state index < -0.39 is 13.7 Å². The van der Waals surface area contributed by atoms with Gasteiger partial charge in [-0.2, -0.15) is 0 Å². The number of unbranched alkanes of at least 4 members (excludes halogenated alkanes) is 9. The first-order chi connectivity index (χ1) is 17.9. The van der Waals surface area contributed by atoms with Crippen molar-refractivity contribution in [1.82, 2.24) is 0 Å². The van der Waals surface area contributed by atoms with E-state index in [2.05, 4.69) is 13.8 Å². The van der Waals surface area contributed by atoms with Crippen LogP contribution in [-0.2, 0) is 23.4 Å². The molecule has 0 aliphatic carbocycles. The zero-order valence-electron chi connectivity index (χ0n) is 24.4. The third-order valence-corrected chi connectivity index (χ3v) is 8.97. The molecule has 1 aliphatic heterocycles. The van der Waals surface area contributed by atoms with Gasteiger partial charge < -0.3 is 23.8 Å².